The number of fused-ring (bicyclic) bond motifs is 2. The van der Waals surface area contributed by atoms with Crippen LogP contribution in [0.1, 0.15) is 24.0 Å². The summed E-state index contributed by atoms with van der Waals surface area (Å²) in [6.07, 6.45) is 3.16. The lowest BCUT2D eigenvalue weighted by Crippen LogP contribution is -2.37. The van der Waals surface area contributed by atoms with Gasteiger partial charge in [0.1, 0.15) is 5.82 Å². The van der Waals surface area contributed by atoms with E-state index in [0.29, 0.717) is 0 Å². The van der Waals surface area contributed by atoms with E-state index in [2.05, 4.69) is 11.4 Å². The molecule has 0 saturated heterocycles. The number of nitrogens with one attached hydrogen (secondary N) is 1. The number of benzene rings is 1. The molecule has 68 valence electrons. The maximum atomic E-state index is 13.6. The van der Waals surface area contributed by atoms with Crippen LogP contribution in [0.4, 0.5) is 4.39 Å². The first-order valence-corrected chi connectivity index (χ1v) is 4.85. The molecule has 1 heterocycles. The zero-order valence-corrected chi connectivity index (χ0v) is 7.44. The second-order valence-electron chi connectivity index (χ2n) is 4.03. The molecule has 13 heavy (non-hydrogen) atoms. The van der Waals surface area contributed by atoms with Gasteiger partial charge in [0.25, 0.3) is 0 Å². The highest BCUT2D eigenvalue weighted by Crippen LogP contribution is 2.49. The Bertz CT molecular complexity index is 355. The predicted molar refractivity (Wildman–Crippen MR) is 49.0 cm³/mol. The lowest BCUT2D eigenvalue weighted by atomic mass is 9.92. The fourth-order valence-corrected chi connectivity index (χ4v) is 2.39. The van der Waals surface area contributed by atoms with Gasteiger partial charge in [-0.1, -0.05) is 12.1 Å². The lowest BCUT2D eigenvalue weighted by molar-refractivity contribution is 0.457. The van der Waals surface area contributed by atoms with E-state index in [1.165, 1.54) is 5.56 Å². The highest BCUT2D eigenvalue weighted by Gasteiger charge is 2.48. The van der Waals surface area contributed by atoms with E-state index >= 15 is 0 Å². The number of halogens is 1. The summed E-state index contributed by atoms with van der Waals surface area (Å²) in [5.74, 6) is -0.0257. The standard InChI is InChI=1S/C11H12FN/c12-9-3-1-2-8-4-7-13-11(5-6-11)10(8)9/h1-3,13H,4-7H2. The Morgan fingerprint density at radius 2 is 2.15 bits per heavy atom. The largest absolute Gasteiger partial charge is 0.307 e. The maximum Gasteiger partial charge on any atom is 0.128 e. The van der Waals surface area contributed by atoms with Crippen molar-refractivity contribution in [3.63, 3.8) is 0 Å². The van der Waals surface area contributed by atoms with Crippen molar-refractivity contribution in [2.24, 2.45) is 0 Å². The summed E-state index contributed by atoms with van der Waals surface area (Å²) in [6, 6.07) is 5.45. The molecule has 0 bridgehead atoms. The highest BCUT2D eigenvalue weighted by molar-refractivity contribution is 5.41. The van der Waals surface area contributed by atoms with Crippen LogP contribution in [0, 0.1) is 5.82 Å². The Balaban J connectivity index is 2.21. The van der Waals surface area contributed by atoms with Crippen molar-refractivity contribution in [1.82, 2.24) is 5.32 Å². The lowest BCUT2D eigenvalue weighted by Gasteiger charge is -2.27. The third kappa shape index (κ3) is 0.953. The normalized spacial score (nSPS) is 22.8. The van der Waals surface area contributed by atoms with E-state index in [4.69, 9.17) is 0 Å². The van der Waals surface area contributed by atoms with Gasteiger partial charge in [-0.15, -0.1) is 0 Å². The molecule has 3 rings (SSSR count). The van der Waals surface area contributed by atoms with E-state index < -0.39 is 0 Å². The smallest absolute Gasteiger partial charge is 0.128 e. The second kappa shape index (κ2) is 2.32. The van der Waals surface area contributed by atoms with Gasteiger partial charge in [-0.3, -0.25) is 0 Å². The molecule has 0 radical (unpaired) electrons. The van der Waals surface area contributed by atoms with Crippen LogP contribution in [0.25, 0.3) is 0 Å². The molecule has 0 atom stereocenters. The van der Waals surface area contributed by atoms with Crippen LogP contribution in [0.2, 0.25) is 0 Å². The van der Waals surface area contributed by atoms with Crippen molar-refractivity contribution in [1.29, 1.82) is 0 Å². The first kappa shape index (κ1) is 7.51. The van der Waals surface area contributed by atoms with Crippen LogP contribution in [0.15, 0.2) is 18.2 Å². The SMILES string of the molecule is Fc1cccc2c1C1(CC1)NCC2. The molecule has 1 aliphatic heterocycles. The summed E-state index contributed by atoms with van der Waals surface area (Å²) in [4.78, 5) is 0. The summed E-state index contributed by atoms with van der Waals surface area (Å²) in [5.41, 5.74) is 2.18. The van der Waals surface area contributed by atoms with Gasteiger partial charge >= 0.3 is 0 Å². The van der Waals surface area contributed by atoms with Crippen LogP contribution < -0.4 is 5.32 Å². The van der Waals surface area contributed by atoms with Gasteiger partial charge in [0, 0.05) is 17.6 Å². The summed E-state index contributed by atoms with van der Waals surface area (Å²) in [7, 11) is 0. The molecule has 1 aromatic rings. The second-order valence-corrected chi connectivity index (χ2v) is 4.03. The van der Waals surface area contributed by atoms with Gasteiger partial charge in [0.15, 0.2) is 0 Å². The topological polar surface area (TPSA) is 12.0 Å². The van der Waals surface area contributed by atoms with Crippen molar-refractivity contribution < 1.29 is 4.39 Å². The summed E-state index contributed by atoms with van der Waals surface area (Å²) in [5, 5.41) is 3.43. The van der Waals surface area contributed by atoms with Crippen molar-refractivity contribution in [2.45, 2.75) is 24.8 Å². The van der Waals surface area contributed by atoms with E-state index in [0.717, 1.165) is 31.4 Å². The average Bonchev–Trinajstić information content (AvgIpc) is 2.86. The molecule has 0 unspecified atom stereocenters. The van der Waals surface area contributed by atoms with Crippen molar-refractivity contribution in [3.05, 3.63) is 35.1 Å². The molecular weight excluding hydrogens is 165 g/mol. The Kier molecular flexibility index (Phi) is 1.34. The molecule has 1 nitrogen and oxygen atoms in total. The molecular formula is C11H12FN. The monoisotopic (exact) mass is 177 g/mol. The molecule has 0 amide bonds. The van der Waals surface area contributed by atoms with Crippen molar-refractivity contribution in [3.8, 4) is 0 Å². The van der Waals surface area contributed by atoms with E-state index in [1.807, 2.05) is 6.07 Å². The predicted octanol–water partition coefficient (Wildman–Crippen LogP) is 1.96. The van der Waals surface area contributed by atoms with Gasteiger partial charge in [0.2, 0.25) is 0 Å². The Labute approximate surface area is 77.0 Å². The zero-order valence-electron chi connectivity index (χ0n) is 7.44. The fraction of sp³-hybridized carbons (Fsp3) is 0.455. The Morgan fingerprint density at radius 1 is 1.31 bits per heavy atom. The van der Waals surface area contributed by atoms with E-state index in [1.54, 1.807) is 6.07 Å². The van der Waals surface area contributed by atoms with E-state index in [-0.39, 0.29) is 11.4 Å². The molecule has 0 aromatic heterocycles. The quantitative estimate of drug-likeness (QED) is 0.638. The third-order valence-electron chi connectivity index (χ3n) is 3.19. The molecule has 1 aliphatic carbocycles. The molecule has 2 aliphatic rings. The minimum absolute atomic E-state index is 0.0257. The van der Waals surface area contributed by atoms with Gasteiger partial charge in [-0.05, 0) is 30.9 Å². The maximum absolute atomic E-state index is 13.6. The molecule has 1 fully saturated rings. The fourth-order valence-electron chi connectivity index (χ4n) is 2.39. The first-order chi connectivity index (χ1) is 6.32. The van der Waals surface area contributed by atoms with Crippen LogP contribution in [-0.4, -0.2) is 6.54 Å². The Morgan fingerprint density at radius 3 is 2.92 bits per heavy atom. The molecule has 1 spiro atoms. The zero-order chi connectivity index (χ0) is 8.89. The highest BCUT2D eigenvalue weighted by atomic mass is 19.1. The number of hydrogen-bond acceptors (Lipinski definition) is 1. The number of rotatable bonds is 0. The van der Waals surface area contributed by atoms with Gasteiger partial charge < -0.3 is 5.32 Å². The minimum Gasteiger partial charge on any atom is -0.307 e. The summed E-state index contributed by atoms with van der Waals surface area (Å²) >= 11 is 0. The van der Waals surface area contributed by atoms with Crippen LogP contribution in [-0.2, 0) is 12.0 Å². The van der Waals surface area contributed by atoms with Gasteiger partial charge in [0.05, 0.1) is 0 Å². The Hall–Kier alpha value is -0.890. The molecule has 1 aromatic carbocycles. The average molecular weight is 177 g/mol. The summed E-state index contributed by atoms with van der Waals surface area (Å²) < 4.78 is 13.6. The van der Waals surface area contributed by atoms with E-state index in [9.17, 15) is 4.39 Å². The molecule has 1 N–H and O–H groups in total. The molecule has 2 heteroatoms. The third-order valence-corrected chi connectivity index (χ3v) is 3.19. The minimum atomic E-state index is -0.0257. The van der Waals surface area contributed by atoms with Crippen molar-refractivity contribution >= 4 is 0 Å². The summed E-state index contributed by atoms with van der Waals surface area (Å²) in [6.45, 7) is 0.996. The molecule has 1 saturated carbocycles. The van der Waals surface area contributed by atoms with Crippen LogP contribution >= 0.6 is 0 Å². The number of hydrogen-bond donors (Lipinski definition) is 1. The first-order valence-electron chi connectivity index (χ1n) is 4.85. The van der Waals surface area contributed by atoms with Crippen LogP contribution in [0.5, 0.6) is 0 Å². The van der Waals surface area contributed by atoms with Gasteiger partial charge in [-0.2, -0.15) is 0 Å². The van der Waals surface area contributed by atoms with Gasteiger partial charge in [-0.25, -0.2) is 4.39 Å². The van der Waals surface area contributed by atoms with Crippen LogP contribution in [0.3, 0.4) is 0 Å². The van der Waals surface area contributed by atoms with Crippen molar-refractivity contribution in [2.75, 3.05) is 6.54 Å².